The van der Waals surface area contributed by atoms with Gasteiger partial charge >= 0.3 is 0 Å². The van der Waals surface area contributed by atoms with E-state index in [1.54, 1.807) is 6.21 Å². The lowest BCUT2D eigenvalue weighted by molar-refractivity contribution is -0.00000880. The fourth-order valence-corrected chi connectivity index (χ4v) is 2.42. The van der Waals surface area contributed by atoms with Crippen LogP contribution in [0.5, 0.6) is 0 Å². The first-order chi connectivity index (χ1) is 10.3. The zero-order valence-corrected chi connectivity index (χ0v) is 13.5. The van der Waals surface area contributed by atoms with Crippen LogP contribution in [-0.4, -0.2) is 48.6 Å². The fourth-order valence-electron chi connectivity index (χ4n) is 2.42. The first-order valence-electron chi connectivity index (χ1n) is 7.62. The number of likely N-dealkylation sites (tertiary alicyclic amines) is 1. The number of hydrogen-bond acceptors (Lipinski definition) is 4. The minimum absolute atomic E-state index is 0. The van der Waals surface area contributed by atoms with E-state index >= 15 is 0 Å². The van der Waals surface area contributed by atoms with Gasteiger partial charge in [0.25, 0.3) is 0 Å². The molecule has 0 bridgehead atoms. The van der Waals surface area contributed by atoms with Crippen LogP contribution in [0.3, 0.4) is 0 Å². The van der Waals surface area contributed by atoms with E-state index in [0.717, 1.165) is 18.7 Å². The van der Waals surface area contributed by atoms with Crippen molar-refractivity contribution in [2.24, 2.45) is 5.16 Å². The number of aliphatic hydroxyl groups is 1. The van der Waals surface area contributed by atoms with Crippen LogP contribution in [-0.2, 0) is 4.84 Å². The van der Waals surface area contributed by atoms with E-state index in [1.807, 2.05) is 42.5 Å². The summed E-state index contributed by atoms with van der Waals surface area (Å²) in [4.78, 5) is 7.40. The van der Waals surface area contributed by atoms with Gasteiger partial charge in [0.05, 0.1) is 6.21 Å². The number of allylic oxidation sites excluding steroid dienone is 1. The molecular weight excluding hydrogens is 300 g/mol. The molecule has 5 heteroatoms. The Bertz CT molecular complexity index is 445. The number of benzene rings is 1. The van der Waals surface area contributed by atoms with Crippen molar-refractivity contribution in [1.29, 1.82) is 0 Å². The predicted molar refractivity (Wildman–Crippen MR) is 86.2 cm³/mol. The molecule has 1 aromatic rings. The van der Waals surface area contributed by atoms with Gasteiger partial charge in [0, 0.05) is 6.54 Å². The van der Waals surface area contributed by atoms with Crippen molar-refractivity contribution in [1.82, 2.24) is 4.90 Å². The van der Waals surface area contributed by atoms with Crippen LogP contribution in [0.2, 0.25) is 0 Å². The van der Waals surface area contributed by atoms with E-state index < -0.39 is 6.10 Å². The summed E-state index contributed by atoms with van der Waals surface area (Å²) >= 11 is 0. The molecule has 2 rings (SSSR count). The molecule has 0 saturated carbocycles. The summed E-state index contributed by atoms with van der Waals surface area (Å²) in [7, 11) is 0. The molecule has 0 spiro atoms. The summed E-state index contributed by atoms with van der Waals surface area (Å²) in [5.74, 6) is 0. The van der Waals surface area contributed by atoms with Gasteiger partial charge in [0.2, 0.25) is 0 Å². The monoisotopic (exact) mass is 323 g/mol. The van der Waals surface area contributed by atoms with Gasteiger partial charge in [-0.2, -0.15) is 0 Å². The molecule has 0 amide bonds. The van der Waals surface area contributed by atoms with Gasteiger partial charge in [0.15, 0.2) is 0 Å². The van der Waals surface area contributed by atoms with Crippen LogP contribution in [0.4, 0.5) is 0 Å². The second kappa shape index (κ2) is 11.2. The minimum Gasteiger partial charge on any atom is -1.00 e. The lowest BCUT2D eigenvalue weighted by Crippen LogP contribution is -3.00. The van der Waals surface area contributed by atoms with Crippen LogP contribution in [0.15, 0.2) is 41.6 Å². The van der Waals surface area contributed by atoms with Crippen molar-refractivity contribution < 1.29 is 22.4 Å². The van der Waals surface area contributed by atoms with Crippen LogP contribution < -0.4 is 12.4 Å². The number of hydrogen-bond donors (Lipinski definition) is 1. The predicted octanol–water partition coefficient (Wildman–Crippen LogP) is -0.447. The van der Waals surface area contributed by atoms with Crippen LogP contribution >= 0.6 is 0 Å². The van der Waals surface area contributed by atoms with Gasteiger partial charge in [-0.15, -0.1) is 0 Å². The zero-order valence-electron chi connectivity index (χ0n) is 12.8. The molecule has 1 aromatic carbocycles. The Kier molecular flexibility index (Phi) is 9.55. The molecule has 1 aliphatic rings. The molecule has 0 aromatic heterocycles. The zero-order chi connectivity index (χ0) is 14.8. The first-order valence-corrected chi connectivity index (χ1v) is 7.62. The van der Waals surface area contributed by atoms with Crippen LogP contribution in [0.25, 0.3) is 6.08 Å². The number of halogens is 1. The number of oxime groups is 1. The molecule has 0 radical (unpaired) electrons. The third-order valence-electron chi connectivity index (χ3n) is 3.49. The van der Waals surface area contributed by atoms with Crippen LogP contribution in [0, 0.1) is 0 Å². The summed E-state index contributed by atoms with van der Waals surface area (Å²) in [5, 5.41) is 13.7. The molecule has 1 unspecified atom stereocenters. The van der Waals surface area contributed by atoms with Crippen molar-refractivity contribution in [3.63, 3.8) is 0 Å². The molecule has 0 aliphatic carbocycles. The van der Waals surface area contributed by atoms with E-state index in [2.05, 4.69) is 10.1 Å². The Hall–Kier alpha value is -1.36. The molecule has 122 valence electrons. The largest absolute Gasteiger partial charge is 1.00 e. The van der Waals surface area contributed by atoms with E-state index in [-0.39, 0.29) is 19.0 Å². The molecular formula is C17H24ClN2O2-. The number of piperidine rings is 1. The second-order valence-corrected chi connectivity index (χ2v) is 5.34. The summed E-state index contributed by atoms with van der Waals surface area (Å²) in [5.41, 5.74) is 1.12. The number of β-amino-alcohol motifs (C(OH)–C–C–N with tert-alkyl or cyclic N) is 1. The van der Waals surface area contributed by atoms with E-state index in [9.17, 15) is 5.11 Å². The normalized spacial score (nSPS) is 17.5. The fraction of sp³-hybridized carbons (Fsp3) is 0.471. The standard InChI is InChI=1S/C17H24N2O2.ClH/c20-17(14-19-12-5-2-6-13-19)15-21-18-11-7-10-16-8-3-1-4-9-16;/h1,3-4,7-11,17,20H,2,5-6,12-15H2;1H/p-1/b10-7+,18-11+;. The molecule has 1 heterocycles. The van der Waals surface area contributed by atoms with Gasteiger partial charge < -0.3 is 27.3 Å². The van der Waals surface area contributed by atoms with E-state index in [4.69, 9.17) is 4.84 Å². The van der Waals surface area contributed by atoms with Gasteiger partial charge in [-0.1, -0.05) is 48.0 Å². The quantitative estimate of drug-likeness (QED) is 0.546. The summed E-state index contributed by atoms with van der Waals surface area (Å²) < 4.78 is 0. The number of rotatable bonds is 7. The highest BCUT2D eigenvalue weighted by atomic mass is 35.5. The first kappa shape index (κ1) is 18.7. The van der Waals surface area contributed by atoms with Crippen molar-refractivity contribution >= 4 is 12.3 Å². The topological polar surface area (TPSA) is 45.1 Å². The highest BCUT2D eigenvalue weighted by molar-refractivity contribution is 5.77. The second-order valence-electron chi connectivity index (χ2n) is 5.34. The maximum Gasteiger partial charge on any atom is 0.144 e. The molecule has 22 heavy (non-hydrogen) atoms. The average Bonchev–Trinajstić information content (AvgIpc) is 2.53. The lowest BCUT2D eigenvalue weighted by atomic mass is 10.1. The maximum absolute atomic E-state index is 9.88. The Morgan fingerprint density at radius 1 is 1.18 bits per heavy atom. The third kappa shape index (κ3) is 7.59. The van der Waals surface area contributed by atoms with Crippen molar-refractivity contribution in [2.45, 2.75) is 25.4 Å². The number of nitrogens with zero attached hydrogens (tertiary/aromatic N) is 2. The molecule has 1 fully saturated rings. The summed E-state index contributed by atoms with van der Waals surface area (Å²) in [6.07, 6.45) is 8.68. The van der Waals surface area contributed by atoms with Gasteiger partial charge in [-0.3, -0.25) is 0 Å². The minimum atomic E-state index is -0.474. The van der Waals surface area contributed by atoms with Gasteiger partial charge in [0.1, 0.15) is 12.7 Å². The van der Waals surface area contributed by atoms with Gasteiger partial charge in [-0.05, 0) is 37.6 Å². The smallest absolute Gasteiger partial charge is 0.144 e. The van der Waals surface area contributed by atoms with Gasteiger partial charge in [-0.25, -0.2) is 0 Å². The summed E-state index contributed by atoms with van der Waals surface area (Å²) in [6, 6.07) is 10.0. The van der Waals surface area contributed by atoms with Crippen molar-refractivity contribution in [3.05, 3.63) is 42.0 Å². The van der Waals surface area contributed by atoms with E-state index in [0.29, 0.717) is 6.54 Å². The third-order valence-corrected chi connectivity index (χ3v) is 3.49. The Morgan fingerprint density at radius 2 is 1.91 bits per heavy atom. The Labute approximate surface area is 138 Å². The van der Waals surface area contributed by atoms with Crippen LogP contribution in [0.1, 0.15) is 24.8 Å². The average molecular weight is 324 g/mol. The molecule has 1 aliphatic heterocycles. The highest BCUT2D eigenvalue weighted by Crippen LogP contribution is 2.08. The Balaban J connectivity index is 0.00000242. The highest BCUT2D eigenvalue weighted by Gasteiger charge is 2.14. The maximum atomic E-state index is 9.88. The SMILES string of the molecule is OC(CO/N=C/C=C/c1ccccc1)CN1CCCCC1.[Cl-]. The Morgan fingerprint density at radius 3 is 2.64 bits per heavy atom. The lowest BCUT2D eigenvalue weighted by Gasteiger charge is -2.27. The molecule has 1 saturated heterocycles. The van der Waals surface area contributed by atoms with Crippen molar-refractivity contribution in [3.8, 4) is 0 Å². The summed E-state index contributed by atoms with van der Waals surface area (Å²) in [6.45, 7) is 3.09. The molecule has 4 nitrogen and oxygen atoms in total. The number of aliphatic hydroxyl groups excluding tert-OH is 1. The molecule has 1 atom stereocenters. The van der Waals surface area contributed by atoms with Crippen molar-refractivity contribution in [2.75, 3.05) is 26.2 Å². The van der Waals surface area contributed by atoms with E-state index in [1.165, 1.54) is 19.3 Å². The molecule has 1 N–H and O–H groups in total.